The van der Waals surface area contributed by atoms with Crippen LogP contribution in [-0.4, -0.2) is 35.1 Å². The van der Waals surface area contributed by atoms with Gasteiger partial charge in [-0.25, -0.2) is 0 Å². The Morgan fingerprint density at radius 2 is 1.90 bits per heavy atom. The van der Waals surface area contributed by atoms with Gasteiger partial charge in [0, 0.05) is 18.7 Å². The first-order chi connectivity index (χ1) is 9.72. The first-order valence-corrected chi connectivity index (χ1v) is 7.36. The van der Waals surface area contributed by atoms with E-state index in [2.05, 4.69) is 0 Å². The highest BCUT2D eigenvalue weighted by molar-refractivity contribution is 5.81. The lowest BCUT2D eigenvalue weighted by atomic mass is 10.2. The number of amides is 1. The van der Waals surface area contributed by atoms with Gasteiger partial charge in [-0.15, -0.1) is 0 Å². The molecule has 110 valence electrons. The predicted octanol–water partition coefficient (Wildman–Crippen LogP) is 2.35. The van der Waals surface area contributed by atoms with E-state index in [1.807, 2.05) is 17.0 Å². The molecule has 0 bridgehead atoms. The minimum atomic E-state index is -0.513. The van der Waals surface area contributed by atoms with Gasteiger partial charge in [-0.05, 0) is 25.8 Å². The molecule has 1 aromatic carbocycles. The standard InChI is InChI=1S/C16H23NO3/c1-13(16(19)17-10-6-2-3-7-11-17)20-15-9-5-4-8-14(15)12-18/h4-5,8-9,13,18H,2-3,6-7,10-12H2,1H3. The second-order valence-corrected chi connectivity index (χ2v) is 5.27. The van der Waals surface area contributed by atoms with Crippen LogP contribution in [0.15, 0.2) is 24.3 Å². The van der Waals surface area contributed by atoms with Gasteiger partial charge in [0.1, 0.15) is 5.75 Å². The number of benzene rings is 1. The highest BCUT2D eigenvalue weighted by Crippen LogP contribution is 2.20. The molecule has 0 aliphatic carbocycles. The minimum Gasteiger partial charge on any atom is -0.481 e. The number of aliphatic hydroxyl groups is 1. The second-order valence-electron chi connectivity index (χ2n) is 5.27. The third-order valence-corrected chi connectivity index (χ3v) is 3.71. The predicted molar refractivity (Wildman–Crippen MR) is 77.5 cm³/mol. The molecule has 4 heteroatoms. The molecule has 2 rings (SSSR count). The van der Waals surface area contributed by atoms with Crippen LogP contribution in [-0.2, 0) is 11.4 Å². The summed E-state index contributed by atoms with van der Waals surface area (Å²) in [6.07, 6.45) is 4.04. The Morgan fingerprint density at radius 3 is 2.55 bits per heavy atom. The molecule has 0 spiro atoms. The largest absolute Gasteiger partial charge is 0.481 e. The van der Waals surface area contributed by atoms with E-state index >= 15 is 0 Å². The number of para-hydroxylation sites is 1. The molecule has 0 saturated carbocycles. The van der Waals surface area contributed by atoms with Crippen LogP contribution in [0.3, 0.4) is 0 Å². The number of ether oxygens (including phenoxy) is 1. The fraction of sp³-hybridized carbons (Fsp3) is 0.562. The first-order valence-electron chi connectivity index (χ1n) is 7.36. The van der Waals surface area contributed by atoms with E-state index in [1.54, 1.807) is 19.1 Å². The summed E-state index contributed by atoms with van der Waals surface area (Å²) in [4.78, 5) is 14.3. The Balaban J connectivity index is 1.99. The van der Waals surface area contributed by atoms with Gasteiger partial charge in [-0.3, -0.25) is 4.79 Å². The molecule has 1 aliphatic heterocycles. The van der Waals surface area contributed by atoms with Gasteiger partial charge in [0.15, 0.2) is 6.10 Å². The SMILES string of the molecule is CC(Oc1ccccc1CO)C(=O)N1CCCCCC1. The van der Waals surface area contributed by atoms with Gasteiger partial charge in [0.2, 0.25) is 0 Å². The topological polar surface area (TPSA) is 49.8 Å². The van der Waals surface area contributed by atoms with Crippen molar-refractivity contribution in [3.63, 3.8) is 0 Å². The van der Waals surface area contributed by atoms with Crippen molar-refractivity contribution in [3.05, 3.63) is 29.8 Å². The quantitative estimate of drug-likeness (QED) is 0.919. The van der Waals surface area contributed by atoms with E-state index in [4.69, 9.17) is 4.74 Å². The lowest BCUT2D eigenvalue weighted by Crippen LogP contribution is -2.41. The molecule has 20 heavy (non-hydrogen) atoms. The smallest absolute Gasteiger partial charge is 0.263 e. The van der Waals surface area contributed by atoms with Gasteiger partial charge in [0.05, 0.1) is 6.61 Å². The molecule has 1 amide bonds. The molecule has 1 aromatic rings. The van der Waals surface area contributed by atoms with Gasteiger partial charge < -0.3 is 14.7 Å². The maximum atomic E-state index is 12.4. The van der Waals surface area contributed by atoms with E-state index in [1.165, 1.54) is 12.8 Å². The van der Waals surface area contributed by atoms with Crippen LogP contribution >= 0.6 is 0 Å². The summed E-state index contributed by atoms with van der Waals surface area (Å²) in [7, 11) is 0. The fourth-order valence-electron chi connectivity index (χ4n) is 2.54. The number of rotatable bonds is 4. The molecule has 1 heterocycles. The zero-order valence-electron chi connectivity index (χ0n) is 12.0. The Kier molecular flexibility index (Phi) is 5.41. The van der Waals surface area contributed by atoms with Crippen molar-refractivity contribution in [2.24, 2.45) is 0 Å². The van der Waals surface area contributed by atoms with Crippen LogP contribution in [0.2, 0.25) is 0 Å². The van der Waals surface area contributed by atoms with Crippen molar-refractivity contribution in [2.45, 2.75) is 45.3 Å². The highest BCUT2D eigenvalue weighted by Gasteiger charge is 2.23. The van der Waals surface area contributed by atoms with E-state index in [9.17, 15) is 9.90 Å². The first kappa shape index (κ1) is 14.9. The zero-order chi connectivity index (χ0) is 14.4. The zero-order valence-corrected chi connectivity index (χ0v) is 12.0. The number of aliphatic hydroxyl groups excluding tert-OH is 1. The number of hydrogen-bond acceptors (Lipinski definition) is 3. The molecule has 1 fully saturated rings. The molecule has 1 atom stereocenters. The molecule has 1 N–H and O–H groups in total. The second kappa shape index (κ2) is 7.29. The third kappa shape index (κ3) is 3.73. The molecule has 0 aromatic heterocycles. The van der Waals surface area contributed by atoms with Crippen molar-refractivity contribution in [2.75, 3.05) is 13.1 Å². The van der Waals surface area contributed by atoms with Crippen LogP contribution in [0, 0.1) is 0 Å². The van der Waals surface area contributed by atoms with Crippen molar-refractivity contribution < 1.29 is 14.6 Å². The normalized spacial score (nSPS) is 17.4. The average molecular weight is 277 g/mol. The molecule has 4 nitrogen and oxygen atoms in total. The monoisotopic (exact) mass is 277 g/mol. The fourth-order valence-corrected chi connectivity index (χ4v) is 2.54. The van der Waals surface area contributed by atoms with Crippen molar-refractivity contribution >= 4 is 5.91 Å². The molecule has 0 radical (unpaired) electrons. The summed E-state index contributed by atoms with van der Waals surface area (Å²) in [6, 6.07) is 7.29. The third-order valence-electron chi connectivity index (χ3n) is 3.71. The Bertz CT molecular complexity index is 439. The molecule has 1 saturated heterocycles. The number of nitrogens with zero attached hydrogens (tertiary/aromatic N) is 1. The minimum absolute atomic E-state index is 0.0413. The van der Waals surface area contributed by atoms with E-state index in [0.717, 1.165) is 25.9 Å². The van der Waals surface area contributed by atoms with Crippen molar-refractivity contribution in [3.8, 4) is 5.75 Å². The highest BCUT2D eigenvalue weighted by atomic mass is 16.5. The molecule has 1 aliphatic rings. The van der Waals surface area contributed by atoms with Gasteiger partial charge in [-0.2, -0.15) is 0 Å². The van der Waals surface area contributed by atoms with Gasteiger partial charge >= 0.3 is 0 Å². The molecular formula is C16H23NO3. The molecule has 1 unspecified atom stereocenters. The van der Waals surface area contributed by atoms with Crippen LogP contribution < -0.4 is 4.74 Å². The van der Waals surface area contributed by atoms with Gasteiger partial charge in [-0.1, -0.05) is 31.0 Å². The maximum absolute atomic E-state index is 12.4. The number of carbonyl (C=O) groups is 1. The summed E-state index contributed by atoms with van der Waals surface area (Å²) in [5.74, 6) is 0.630. The van der Waals surface area contributed by atoms with Crippen LogP contribution in [0.25, 0.3) is 0 Å². The average Bonchev–Trinajstić information content (AvgIpc) is 2.76. The Labute approximate surface area is 120 Å². The van der Waals surface area contributed by atoms with Crippen LogP contribution in [0.4, 0.5) is 0 Å². The number of carbonyl (C=O) groups excluding carboxylic acids is 1. The van der Waals surface area contributed by atoms with E-state index in [-0.39, 0.29) is 12.5 Å². The summed E-state index contributed by atoms with van der Waals surface area (Å²) in [6.45, 7) is 3.35. The maximum Gasteiger partial charge on any atom is 0.263 e. The summed E-state index contributed by atoms with van der Waals surface area (Å²) < 4.78 is 5.74. The lowest BCUT2D eigenvalue weighted by Gasteiger charge is -2.25. The van der Waals surface area contributed by atoms with E-state index in [0.29, 0.717) is 11.3 Å². The summed E-state index contributed by atoms with van der Waals surface area (Å²) in [5, 5.41) is 9.28. The number of hydrogen-bond donors (Lipinski definition) is 1. The lowest BCUT2D eigenvalue weighted by molar-refractivity contribution is -0.137. The molecular weight excluding hydrogens is 254 g/mol. The Hall–Kier alpha value is -1.55. The number of likely N-dealkylation sites (tertiary alicyclic amines) is 1. The Morgan fingerprint density at radius 1 is 1.25 bits per heavy atom. The summed E-state index contributed by atoms with van der Waals surface area (Å²) in [5.41, 5.74) is 0.711. The van der Waals surface area contributed by atoms with Crippen molar-refractivity contribution in [1.82, 2.24) is 4.90 Å². The van der Waals surface area contributed by atoms with Crippen molar-refractivity contribution in [1.29, 1.82) is 0 Å². The van der Waals surface area contributed by atoms with Crippen LogP contribution in [0.1, 0.15) is 38.2 Å². The van der Waals surface area contributed by atoms with E-state index < -0.39 is 6.10 Å². The van der Waals surface area contributed by atoms with Gasteiger partial charge in [0.25, 0.3) is 5.91 Å². The summed E-state index contributed by atoms with van der Waals surface area (Å²) >= 11 is 0. The van der Waals surface area contributed by atoms with Crippen LogP contribution in [0.5, 0.6) is 5.75 Å².